The molecule has 0 atom stereocenters. The van der Waals surface area contributed by atoms with Crippen molar-refractivity contribution in [3.8, 4) is 16.9 Å². The lowest BCUT2D eigenvalue weighted by molar-refractivity contribution is 0.475. The maximum Gasteiger partial charge on any atom is 0.115 e. The fourth-order valence-electron chi connectivity index (χ4n) is 2.19. The Kier molecular flexibility index (Phi) is 3.07. The molecule has 0 aliphatic rings. The van der Waals surface area contributed by atoms with E-state index in [0.29, 0.717) is 5.75 Å². The fourth-order valence-corrected chi connectivity index (χ4v) is 2.19. The molecule has 0 spiro atoms. The van der Waals surface area contributed by atoms with Crippen LogP contribution in [0.3, 0.4) is 0 Å². The van der Waals surface area contributed by atoms with E-state index >= 15 is 0 Å². The van der Waals surface area contributed by atoms with Crippen molar-refractivity contribution in [3.63, 3.8) is 0 Å². The fraction of sp³-hybridized carbons (Fsp3) is 0.0588. The Labute approximate surface area is 112 Å². The molecule has 3 rings (SSSR count). The minimum Gasteiger partial charge on any atom is -0.508 e. The number of rotatable bonds is 3. The lowest BCUT2D eigenvalue weighted by Gasteiger charge is -2.07. The topological polar surface area (TPSA) is 25.2 Å². The number of aromatic nitrogens is 1. The zero-order valence-corrected chi connectivity index (χ0v) is 10.5. The van der Waals surface area contributed by atoms with Gasteiger partial charge in [0.2, 0.25) is 0 Å². The van der Waals surface area contributed by atoms with E-state index in [1.165, 1.54) is 11.1 Å². The minimum atomic E-state index is 0.298. The maximum absolute atomic E-state index is 9.33. The van der Waals surface area contributed by atoms with Gasteiger partial charge >= 0.3 is 0 Å². The largest absolute Gasteiger partial charge is 0.508 e. The standard InChI is InChI=1S/C17H15NO/c19-17-8-6-15(7-9-17)16-5-3-4-14(12-16)13-18-10-1-2-11-18/h1-12,19H,13H2. The van der Waals surface area contributed by atoms with E-state index in [4.69, 9.17) is 0 Å². The van der Waals surface area contributed by atoms with Gasteiger partial charge in [-0.15, -0.1) is 0 Å². The van der Waals surface area contributed by atoms with Crippen LogP contribution in [0, 0.1) is 0 Å². The van der Waals surface area contributed by atoms with Crippen molar-refractivity contribution in [2.75, 3.05) is 0 Å². The molecule has 0 radical (unpaired) electrons. The minimum absolute atomic E-state index is 0.298. The molecule has 0 fully saturated rings. The molecule has 94 valence electrons. The summed E-state index contributed by atoms with van der Waals surface area (Å²) >= 11 is 0. The van der Waals surface area contributed by atoms with Crippen LogP contribution in [0.1, 0.15) is 5.56 Å². The van der Waals surface area contributed by atoms with Crippen LogP contribution >= 0.6 is 0 Å². The molecule has 2 nitrogen and oxygen atoms in total. The SMILES string of the molecule is Oc1ccc(-c2cccc(Cn3cccc3)c2)cc1. The van der Waals surface area contributed by atoms with Gasteiger partial charge in [0.25, 0.3) is 0 Å². The summed E-state index contributed by atoms with van der Waals surface area (Å²) in [6.07, 6.45) is 4.13. The molecule has 0 amide bonds. The first-order chi connectivity index (χ1) is 9.31. The van der Waals surface area contributed by atoms with Crippen molar-refractivity contribution in [1.29, 1.82) is 0 Å². The van der Waals surface area contributed by atoms with E-state index in [9.17, 15) is 5.11 Å². The average molecular weight is 249 g/mol. The lowest BCUT2D eigenvalue weighted by Crippen LogP contribution is -1.95. The zero-order chi connectivity index (χ0) is 13.1. The van der Waals surface area contributed by atoms with Crippen LogP contribution < -0.4 is 0 Å². The average Bonchev–Trinajstić information content (AvgIpc) is 2.93. The third-order valence-corrected chi connectivity index (χ3v) is 3.16. The smallest absolute Gasteiger partial charge is 0.115 e. The van der Waals surface area contributed by atoms with Gasteiger partial charge in [-0.05, 0) is 47.0 Å². The molecule has 0 saturated carbocycles. The van der Waals surface area contributed by atoms with E-state index in [1.54, 1.807) is 12.1 Å². The third-order valence-electron chi connectivity index (χ3n) is 3.16. The van der Waals surface area contributed by atoms with Crippen LogP contribution in [-0.2, 0) is 6.54 Å². The summed E-state index contributed by atoms with van der Waals surface area (Å²) in [5.41, 5.74) is 3.55. The molecule has 2 heteroatoms. The Hall–Kier alpha value is -2.48. The van der Waals surface area contributed by atoms with Crippen LogP contribution in [-0.4, -0.2) is 9.67 Å². The van der Waals surface area contributed by atoms with Crippen molar-refractivity contribution in [2.45, 2.75) is 6.54 Å². The second-order valence-electron chi connectivity index (χ2n) is 4.60. The van der Waals surface area contributed by atoms with Gasteiger partial charge in [0.1, 0.15) is 5.75 Å². The van der Waals surface area contributed by atoms with Crippen LogP contribution in [0.2, 0.25) is 0 Å². The molecule has 0 unspecified atom stereocenters. The van der Waals surface area contributed by atoms with Gasteiger partial charge < -0.3 is 9.67 Å². The number of aromatic hydroxyl groups is 1. The molecule has 19 heavy (non-hydrogen) atoms. The first kappa shape index (κ1) is 11.6. The Bertz CT molecular complexity index is 654. The van der Waals surface area contributed by atoms with Crippen molar-refractivity contribution >= 4 is 0 Å². The summed E-state index contributed by atoms with van der Waals surface area (Å²) in [5.74, 6) is 0.298. The Morgan fingerprint density at radius 3 is 2.26 bits per heavy atom. The first-order valence-electron chi connectivity index (χ1n) is 6.30. The number of nitrogens with zero attached hydrogens (tertiary/aromatic N) is 1. The normalized spacial score (nSPS) is 10.5. The van der Waals surface area contributed by atoms with E-state index in [1.807, 2.05) is 24.3 Å². The van der Waals surface area contributed by atoms with E-state index < -0.39 is 0 Å². The van der Waals surface area contributed by atoms with E-state index in [2.05, 4.69) is 41.2 Å². The summed E-state index contributed by atoms with van der Waals surface area (Å²) in [6, 6.07) is 19.8. The number of phenols is 1. The van der Waals surface area contributed by atoms with Crippen molar-refractivity contribution in [1.82, 2.24) is 4.57 Å². The highest BCUT2D eigenvalue weighted by molar-refractivity contribution is 5.64. The summed E-state index contributed by atoms with van der Waals surface area (Å²) in [5, 5.41) is 9.33. The molecule has 1 aromatic heterocycles. The predicted octanol–water partition coefficient (Wildman–Crippen LogP) is 3.91. The van der Waals surface area contributed by atoms with Crippen LogP contribution in [0.4, 0.5) is 0 Å². The summed E-state index contributed by atoms with van der Waals surface area (Å²) < 4.78 is 2.15. The van der Waals surface area contributed by atoms with Gasteiger partial charge in [0.15, 0.2) is 0 Å². The molecule has 0 aliphatic carbocycles. The highest BCUT2D eigenvalue weighted by atomic mass is 16.3. The van der Waals surface area contributed by atoms with Gasteiger partial charge in [0.05, 0.1) is 0 Å². The monoisotopic (exact) mass is 249 g/mol. The predicted molar refractivity (Wildman–Crippen MR) is 77.1 cm³/mol. The molecule has 1 heterocycles. The van der Waals surface area contributed by atoms with Crippen molar-refractivity contribution in [3.05, 3.63) is 78.6 Å². The molecule has 1 N–H and O–H groups in total. The summed E-state index contributed by atoms with van der Waals surface area (Å²) in [7, 11) is 0. The highest BCUT2D eigenvalue weighted by Gasteiger charge is 2.00. The second kappa shape index (κ2) is 5.02. The quantitative estimate of drug-likeness (QED) is 0.748. The van der Waals surface area contributed by atoms with Gasteiger partial charge in [-0.2, -0.15) is 0 Å². The number of hydrogen-bond donors (Lipinski definition) is 1. The first-order valence-corrected chi connectivity index (χ1v) is 6.30. The van der Waals surface area contributed by atoms with Crippen molar-refractivity contribution < 1.29 is 5.11 Å². The molecule has 3 aromatic rings. The van der Waals surface area contributed by atoms with Gasteiger partial charge in [-0.1, -0.05) is 30.3 Å². The number of phenolic OH excluding ortho intramolecular Hbond substituents is 1. The maximum atomic E-state index is 9.33. The van der Waals surface area contributed by atoms with Crippen LogP contribution in [0.5, 0.6) is 5.75 Å². The van der Waals surface area contributed by atoms with Crippen molar-refractivity contribution in [2.24, 2.45) is 0 Å². The van der Waals surface area contributed by atoms with Gasteiger partial charge in [0, 0.05) is 18.9 Å². The molecule has 0 bridgehead atoms. The van der Waals surface area contributed by atoms with Gasteiger partial charge in [-0.3, -0.25) is 0 Å². The number of benzene rings is 2. The number of hydrogen-bond acceptors (Lipinski definition) is 1. The molecule has 0 saturated heterocycles. The summed E-state index contributed by atoms with van der Waals surface area (Å²) in [4.78, 5) is 0. The molecular formula is C17H15NO. The third kappa shape index (κ3) is 2.68. The van der Waals surface area contributed by atoms with Crippen LogP contribution in [0.15, 0.2) is 73.1 Å². The molecule has 0 aliphatic heterocycles. The highest BCUT2D eigenvalue weighted by Crippen LogP contribution is 2.23. The molecular weight excluding hydrogens is 234 g/mol. The van der Waals surface area contributed by atoms with E-state index in [-0.39, 0.29) is 0 Å². The zero-order valence-electron chi connectivity index (χ0n) is 10.5. The Morgan fingerprint density at radius 2 is 1.53 bits per heavy atom. The van der Waals surface area contributed by atoms with Crippen LogP contribution in [0.25, 0.3) is 11.1 Å². The summed E-state index contributed by atoms with van der Waals surface area (Å²) in [6.45, 7) is 0.874. The van der Waals surface area contributed by atoms with Gasteiger partial charge in [-0.25, -0.2) is 0 Å². The lowest BCUT2D eigenvalue weighted by atomic mass is 10.0. The molecule has 2 aromatic carbocycles. The van der Waals surface area contributed by atoms with E-state index in [0.717, 1.165) is 12.1 Å². The Morgan fingerprint density at radius 1 is 0.789 bits per heavy atom. The second-order valence-corrected chi connectivity index (χ2v) is 4.60. The Balaban J connectivity index is 1.89.